The summed E-state index contributed by atoms with van der Waals surface area (Å²) in [5.41, 5.74) is 2.44. The lowest BCUT2D eigenvalue weighted by atomic mass is 9.92. The molecule has 0 radical (unpaired) electrons. The van der Waals surface area contributed by atoms with Crippen molar-refractivity contribution < 1.29 is 9.53 Å². The van der Waals surface area contributed by atoms with Gasteiger partial charge >= 0.3 is 5.97 Å². The first kappa shape index (κ1) is 13.9. The molecule has 0 spiro atoms. The third kappa shape index (κ3) is 3.09. The van der Waals surface area contributed by atoms with Gasteiger partial charge in [-0.15, -0.1) is 0 Å². The van der Waals surface area contributed by atoms with Gasteiger partial charge in [0.2, 0.25) is 0 Å². The van der Waals surface area contributed by atoms with Crippen LogP contribution in [0, 0.1) is 0 Å². The maximum Gasteiger partial charge on any atom is 0.308 e. The molecule has 0 aliphatic carbocycles. The second-order valence-corrected chi connectivity index (χ2v) is 5.68. The first-order valence-corrected chi connectivity index (χ1v) is 7.06. The van der Waals surface area contributed by atoms with Crippen LogP contribution in [-0.2, 0) is 16.0 Å². The minimum Gasteiger partial charge on any atom is -0.466 e. The number of carbonyl (C=O) groups excluding carboxylic acids is 1. The number of esters is 1. The number of anilines is 1. The van der Waals surface area contributed by atoms with E-state index in [1.165, 1.54) is 11.3 Å². The van der Waals surface area contributed by atoms with Crippen molar-refractivity contribution in [2.75, 3.05) is 18.1 Å². The number of benzene rings is 1. The summed E-state index contributed by atoms with van der Waals surface area (Å²) in [7, 11) is 0. The van der Waals surface area contributed by atoms with Crippen LogP contribution in [0.25, 0.3) is 0 Å². The Morgan fingerprint density at radius 2 is 2.11 bits per heavy atom. The van der Waals surface area contributed by atoms with Gasteiger partial charge in [-0.2, -0.15) is 0 Å². The van der Waals surface area contributed by atoms with E-state index in [4.69, 9.17) is 4.74 Å². The van der Waals surface area contributed by atoms with Gasteiger partial charge < -0.3 is 9.64 Å². The highest BCUT2D eigenvalue weighted by atomic mass is 16.5. The molecular weight excluding hydrogens is 238 g/mol. The summed E-state index contributed by atoms with van der Waals surface area (Å²) in [4.78, 5) is 14.1. The molecule has 1 aromatic rings. The lowest BCUT2D eigenvalue weighted by molar-refractivity contribution is -0.144. The number of hydrogen-bond donors (Lipinski definition) is 0. The highest BCUT2D eigenvalue weighted by Crippen LogP contribution is 2.34. The Morgan fingerprint density at radius 3 is 2.84 bits per heavy atom. The van der Waals surface area contributed by atoms with Crippen LogP contribution >= 0.6 is 0 Å². The van der Waals surface area contributed by atoms with Crippen LogP contribution < -0.4 is 4.90 Å². The molecule has 0 saturated carbocycles. The minimum absolute atomic E-state index is 0.115. The maximum atomic E-state index is 11.8. The molecule has 1 aliphatic heterocycles. The fourth-order valence-electron chi connectivity index (χ4n) is 2.82. The predicted octanol–water partition coefficient (Wildman–Crippen LogP) is 3.17. The number of nitrogens with zero attached hydrogens (tertiary/aromatic N) is 1. The first-order chi connectivity index (χ1) is 9.04. The van der Waals surface area contributed by atoms with Gasteiger partial charge in [-0.1, -0.05) is 18.2 Å². The quantitative estimate of drug-likeness (QED) is 0.780. The molecule has 3 heteroatoms. The van der Waals surface area contributed by atoms with Crippen molar-refractivity contribution in [3.8, 4) is 0 Å². The van der Waals surface area contributed by atoms with Crippen LogP contribution in [-0.4, -0.2) is 24.7 Å². The van der Waals surface area contributed by atoms with Gasteiger partial charge in [-0.05, 0) is 45.2 Å². The highest BCUT2D eigenvalue weighted by molar-refractivity contribution is 5.72. The summed E-state index contributed by atoms with van der Waals surface area (Å²) in [6, 6.07) is 8.49. The van der Waals surface area contributed by atoms with Crippen LogP contribution in [0.1, 0.15) is 39.2 Å². The molecule has 1 aromatic carbocycles. The summed E-state index contributed by atoms with van der Waals surface area (Å²) < 4.78 is 5.09. The zero-order valence-corrected chi connectivity index (χ0v) is 12.1. The fourth-order valence-corrected chi connectivity index (χ4v) is 2.82. The van der Waals surface area contributed by atoms with Crippen molar-refractivity contribution in [3.05, 3.63) is 29.8 Å². The molecule has 0 amide bonds. The van der Waals surface area contributed by atoms with Crippen molar-refractivity contribution >= 4 is 11.7 Å². The normalized spacial score (nSPS) is 15.0. The molecule has 0 unspecified atom stereocenters. The summed E-state index contributed by atoms with van der Waals surface area (Å²) in [5.74, 6) is -0.115. The van der Waals surface area contributed by atoms with E-state index in [1.807, 2.05) is 6.92 Å². The topological polar surface area (TPSA) is 29.5 Å². The van der Waals surface area contributed by atoms with Crippen LogP contribution in [0.4, 0.5) is 5.69 Å². The van der Waals surface area contributed by atoms with Crippen molar-refractivity contribution in [3.63, 3.8) is 0 Å². The van der Waals surface area contributed by atoms with Crippen LogP contribution in [0.2, 0.25) is 0 Å². The van der Waals surface area contributed by atoms with Crippen LogP contribution in [0.3, 0.4) is 0 Å². The van der Waals surface area contributed by atoms with Gasteiger partial charge in [-0.3, -0.25) is 4.79 Å². The maximum absolute atomic E-state index is 11.8. The van der Waals surface area contributed by atoms with Gasteiger partial charge in [0.1, 0.15) is 0 Å². The average Bonchev–Trinajstić information content (AvgIpc) is 2.37. The van der Waals surface area contributed by atoms with Crippen molar-refractivity contribution in [1.29, 1.82) is 0 Å². The van der Waals surface area contributed by atoms with E-state index in [1.54, 1.807) is 0 Å². The number of carbonyl (C=O) groups is 1. The SMILES string of the molecule is CCOC(=O)CC(C)(C)N1CCCc2ccccc21. The number of rotatable bonds is 4. The largest absolute Gasteiger partial charge is 0.466 e. The smallest absolute Gasteiger partial charge is 0.308 e. The molecule has 104 valence electrons. The van der Waals surface area contributed by atoms with E-state index >= 15 is 0 Å². The lowest BCUT2D eigenvalue weighted by Crippen LogP contribution is -2.48. The lowest BCUT2D eigenvalue weighted by Gasteiger charge is -2.43. The monoisotopic (exact) mass is 261 g/mol. The zero-order chi connectivity index (χ0) is 13.9. The summed E-state index contributed by atoms with van der Waals surface area (Å²) in [6.07, 6.45) is 2.70. The summed E-state index contributed by atoms with van der Waals surface area (Å²) >= 11 is 0. The Kier molecular flexibility index (Phi) is 4.13. The van der Waals surface area contributed by atoms with E-state index in [0.29, 0.717) is 13.0 Å². The van der Waals surface area contributed by atoms with E-state index in [0.717, 1.165) is 19.4 Å². The first-order valence-electron chi connectivity index (χ1n) is 7.06. The Balaban J connectivity index is 2.19. The molecule has 3 nitrogen and oxygen atoms in total. The number of para-hydroxylation sites is 1. The van der Waals surface area contributed by atoms with Crippen molar-refractivity contribution in [2.45, 2.75) is 45.6 Å². The Hall–Kier alpha value is -1.51. The Labute approximate surface area is 115 Å². The predicted molar refractivity (Wildman–Crippen MR) is 77.4 cm³/mol. The molecule has 2 rings (SSSR count). The van der Waals surface area contributed by atoms with Crippen LogP contribution in [0.5, 0.6) is 0 Å². The van der Waals surface area contributed by atoms with E-state index in [9.17, 15) is 4.79 Å². The molecule has 1 aliphatic rings. The molecule has 0 N–H and O–H groups in total. The third-order valence-electron chi connectivity index (χ3n) is 3.72. The molecule has 0 aromatic heterocycles. The standard InChI is InChI=1S/C16H23NO2/c1-4-19-15(18)12-16(2,3)17-11-7-9-13-8-5-6-10-14(13)17/h5-6,8,10H,4,7,9,11-12H2,1-3H3. The number of aryl methyl sites for hydroxylation is 1. The van der Waals surface area contributed by atoms with Crippen molar-refractivity contribution in [2.24, 2.45) is 0 Å². The fraction of sp³-hybridized carbons (Fsp3) is 0.562. The third-order valence-corrected chi connectivity index (χ3v) is 3.72. The molecule has 0 atom stereocenters. The van der Waals surface area contributed by atoms with Crippen molar-refractivity contribution in [1.82, 2.24) is 0 Å². The highest BCUT2D eigenvalue weighted by Gasteiger charge is 2.32. The molecule has 0 bridgehead atoms. The van der Waals surface area contributed by atoms with Crippen LogP contribution in [0.15, 0.2) is 24.3 Å². The van der Waals surface area contributed by atoms with E-state index < -0.39 is 0 Å². The second kappa shape index (κ2) is 5.64. The second-order valence-electron chi connectivity index (χ2n) is 5.68. The molecule has 19 heavy (non-hydrogen) atoms. The summed E-state index contributed by atoms with van der Waals surface area (Å²) in [5, 5.41) is 0. The van der Waals surface area contributed by atoms with Gasteiger partial charge in [-0.25, -0.2) is 0 Å². The van der Waals surface area contributed by atoms with Gasteiger partial charge in [0.05, 0.1) is 13.0 Å². The number of fused-ring (bicyclic) bond motifs is 1. The minimum atomic E-state index is -0.206. The molecule has 0 fully saturated rings. The van der Waals surface area contributed by atoms with E-state index in [-0.39, 0.29) is 11.5 Å². The number of ether oxygens (including phenoxy) is 1. The van der Waals surface area contributed by atoms with Gasteiger partial charge in [0, 0.05) is 17.8 Å². The Morgan fingerprint density at radius 1 is 1.37 bits per heavy atom. The summed E-state index contributed by atoms with van der Waals surface area (Å²) in [6.45, 7) is 7.54. The molecule has 0 saturated heterocycles. The van der Waals surface area contributed by atoms with Gasteiger partial charge in [0.15, 0.2) is 0 Å². The Bertz CT molecular complexity index is 454. The number of hydrogen-bond acceptors (Lipinski definition) is 3. The average molecular weight is 261 g/mol. The molecule has 1 heterocycles. The molecular formula is C16H23NO2. The zero-order valence-electron chi connectivity index (χ0n) is 12.1. The van der Waals surface area contributed by atoms with E-state index in [2.05, 4.69) is 43.0 Å². The van der Waals surface area contributed by atoms with Gasteiger partial charge in [0.25, 0.3) is 0 Å².